The van der Waals surface area contributed by atoms with Crippen LogP contribution in [-0.4, -0.2) is 22.2 Å². The second-order valence-electron chi connectivity index (χ2n) is 5.56. The molecule has 5 heteroatoms. The van der Waals surface area contributed by atoms with Gasteiger partial charge in [0.15, 0.2) is 0 Å². The predicted octanol–water partition coefficient (Wildman–Crippen LogP) is 3.25. The molecule has 1 unspecified atom stereocenters. The topological polar surface area (TPSA) is 67.0 Å². The van der Waals surface area contributed by atoms with Gasteiger partial charge in [-0.3, -0.25) is 9.89 Å². The number of aromatic amines is 1. The minimum absolute atomic E-state index is 0.0950. The molecule has 2 N–H and O–H groups in total. The van der Waals surface area contributed by atoms with Gasteiger partial charge in [0.2, 0.25) is 0 Å². The highest BCUT2D eigenvalue weighted by molar-refractivity contribution is 5.92. The maximum atomic E-state index is 12.2. The van der Waals surface area contributed by atoms with Crippen LogP contribution in [0.25, 0.3) is 0 Å². The van der Waals surface area contributed by atoms with Gasteiger partial charge >= 0.3 is 0 Å². The summed E-state index contributed by atoms with van der Waals surface area (Å²) in [5, 5.41) is 9.82. The van der Waals surface area contributed by atoms with Crippen LogP contribution in [0, 0.1) is 0 Å². The summed E-state index contributed by atoms with van der Waals surface area (Å²) >= 11 is 0. The molecule has 0 radical (unpaired) electrons. The summed E-state index contributed by atoms with van der Waals surface area (Å²) in [6, 6.07) is 9.45. The van der Waals surface area contributed by atoms with Gasteiger partial charge in [0, 0.05) is 5.69 Å². The van der Waals surface area contributed by atoms with Gasteiger partial charge in [-0.2, -0.15) is 5.10 Å². The fourth-order valence-corrected chi connectivity index (χ4v) is 2.12. The molecular formula is C17H23N3O2. The SMILES string of the molecule is CCc1cc(C(=O)NC(C)c2ccc(OC(C)C)cc2)n[nH]1. The molecule has 0 saturated heterocycles. The minimum atomic E-state index is -0.175. The van der Waals surface area contributed by atoms with Gasteiger partial charge in [0.05, 0.1) is 12.1 Å². The molecule has 1 heterocycles. The Morgan fingerprint density at radius 1 is 1.27 bits per heavy atom. The molecule has 1 aromatic carbocycles. The molecule has 0 saturated carbocycles. The van der Waals surface area contributed by atoms with Crippen LogP contribution in [0.2, 0.25) is 0 Å². The Hall–Kier alpha value is -2.30. The number of hydrogen-bond donors (Lipinski definition) is 2. The van der Waals surface area contributed by atoms with Crippen molar-refractivity contribution in [3.63, 3.8) is 0 Å². The number of aryl methyl sites for hydroxylation is 1. The number of aromatic nitrogens is 2. The van der Waals surface area contributed by atoms with Crippen molar-refractivity contribution in [1.29, 1.82) is 0 Å². The van der Waals surface area contributed by atoms with Crippen LogP contribution in [0.4, 0.5) is 0 Å². The number of carbonyl (C=O) groups excluding carboxylic acids is 1. The highest BCUT2D eigenvalue weighted by atomic mass is 16.5. The van der Waals surface area contributed by atoms with Crippen LogP contribution in [-0.2, 0) is 6.42 Å². The average molecular weight is 301 g/mol. The Bertz CT molecular complexity index is 617. The summed E-state index contributed by atoms with van der Waals surface area (Å²) < 4.78 is 5.61. The van der Waals surface area contributed by atoms with Gasteiger partial charge < -0.3 is 10.1 Å². The molecule has 0 aliphatic carbocycles. The lowest BCUT2D eigenvalue weighted by Crippen LogP contribution is -2.26. The van der Waals surface area contributed by atoms with Crippen molar-refractivity contribution in [3.05, 3.63) is 47.3 Å². The van der Waals surface area contributed by atoms with Crippen LogP contribution in [0.1, 0.15) is 55.5 Å². The van der Waals surface area contributed by atoms with Crippen molar-refractivity contribution >= 4 is 5.91 Å². The molecule has 0 aliphatic heterocycles. The molecule has 0 bridgehead atoms. The molecule has 1 atom stereocenters. The highest BCUT2D eigenvalue weighted by Gasteiger charge is 2.14. The van der Waals surface area contributed by atoms with E-state index in [-0.39, 0.29) is 18.1 Å². The van der Waals surface area contributed by atoms with E-state index >= 15 is 0 Å². The van der Waals surface area contributed by atoms with Gasteiger partial charge in [-0.1, -0.05) is 19.1 Å². The number of ether oxygens (including phenoxy) is 1. The molecule has 0 fully saturated rings. The summed E-state index contributed by atoms with van der Waals surface area (Å²) in [5.41, 5.74) is 2.40. The van der Waals surface area contributed by atoms with Crippen molar-refractivity contribution in [1.82, 2.24) is 15.5 Å². The smallest absolute Gasteiger partial charge is 0.272 e. The van der Waals surface area contributed by atoms with Crippen LogP contribution < -0.4 is 10.1 Å². The number of nitrogens with zero attached hydrogens (tertiary/aromatic N) is 1. The second kappa shape index (κ2) is 7.11. The summed E-state index contributed by atoms with van der Waals surface area (Å²) in [4.78, 5) is 12.2. The lowest BCUT2D eigenvalue weighted by atomic mass is 10.1. The molecule has 22 heavy (non-hydrogen) atoms. The van der Waals surface area contributed by atoms with Crippen molar-refractivity contribution < 1.29 is 9.53 Å². The standard InChI is InChI=1S/C17H23N3O2/c1-5-14-10-16(20-19-14)17(21)18-12(4)13-6-8-15(9-7-13)22-11(2)3/h6-12H,5H2,1-4H3,(H,18,21)(H,19,20). The number of benzene rings is 1. The molecule has 2 rings (SSSR count). The van der Waals surface area contributed by atoms with Gasteiger partial charge in [-0.05, 0) is 51.0 Å². The van der Waals surface area contributed by atoms with E-state index in [1.807, 2.05) is 52.0 Å². The Morgan fingerprint density at radius 3 is 2.50 bits per heavy atom. The van der Waals surface area contributed by atoms with E-state index in [9.17, 15) is 4.79 Å². The van der Waals surface area contributed by atoms with E-state index < -0.39 is 0 Å². The minimum Gasteiger partial charge on any atom is -0.491 e. The zero-order chi connectivity index (χ0) is 16.1. The highest BCUT2D eigenvalue weighted by Crippen LogP contribution is 2.19. The molecule has 118 valence electrons. The summed E-state index contributed by atoms with van der Waals surface area (Å²) in [6.07, 6.45) is 0.975. The quantitative estimate of drug-likeness (QED) is 0.860. The van der Waals surface area contributed by atoms with Crippen LogP contribution >= 0.6 is 0 Å². The van der Waals surface area contributed by atoms with E-state index in [4.69, 9.17) is 4.74 Å². The van der Waals surface area contributed by atoms with E-state index in [0.717, 1.165) is 23.4 Å². The first-order valence-corrected chi connectivity index (χ1v) is 7.61. The van der Waals surface area contributed by atoms with Crippen LogP contribution in [0.5, 0.6) is 5.75 Å². The normalized spacial score (nSPS) is 12.2. The van der Waals surface area contributed by atoms with Crippen molar-refractivity contribution in [2.24, 2.45) is 0 Å². The van der Waals surface area contributed by atoms with E-state index in [2.05, 4.69) is 15.5 Å². The molecule has 0 spiro atoms. The molecule has 1 aromatic heterocycles. The van der Waals surface area contributed by atoms with Gasteiger partial charge in [-0.15, -0.1) is 0 Å². The third-order valence-electron chi connectivity index (χ3n) is 3.34. The molecule has 1 amide bonds. The van der Waals surface area contributed by atoms with Gasteiger partial charge in [-0.25, -0.2) is 0 Å². The Kier molecular flexibility index (Phi) is 5.20. The number of H-pyrrole nitrogens is 1. The van der Waals surface area contributed by atoms with Gasteiger partial charge in [0.1, 0.15) is 11.4 Å². The second-order valence-corrected chi connectivity index (χ2v) is 5.56. The van der Waals surface area contributed by atoms with Crippen molar-refractivity contribution in [2.45, 2.75) is 46.3 Å². The van der Waals surface area contributed by atoms with E-state index in [1.165, 1.54) is 0 Å². The maximum Gasteiger partial charge on any atom is 0.272 e. The Morgan fingerprint density at radius 2 is 1.95 bits per heavy atom. The Balaban J connectivity index is 1.99. The van der Waals surface area contributed by atoms with Crippen LogP contribution in [0.3, 0.4) is 0 Å². The summed E-state index contributed by atoms with van der Waals surface area (Å²) in [6.45, 7) is 7.94. The molecule has 5 nitrogen and oxygen atoms in total. The number of nitrogens with one attached hydrogen (secondary N) is 2. The molecule has 0 aliphatic rings. The number of rotatable bonds is 6. The zero-order valence-corrected chi connectivity index (χ0v) is 13.5. The lowest BCUT2D eigenvalue weighted by Gasteiger charge is -2.15. The predicted molar refractivity (Wildman–Crippen MR) is 86.1 cm³/mol. The molecular weight excluding hydrogens is 278 g/mol. The average Bonchev–Trinajstić information content (AvgIpc) is 2.96. The fourth-order valence-electron chi connectivity index (χ4n) is 2.12. The first-order valence-electron chi connectivity index (χ1n) is 7.61. The lowest BCUT2D eigenvalue weighted by molar-refractivity contribution is 0.0935. The maximum absolute atomic E-state index is 12.2. The zero-order valence-electron chi connectivity index (χ0n) is 13.5. The number of amides is 1. The summed E-state index contributed by atoms with van der Waals surface area (Å²) in [7, 11) is 0. The van der Waals surface area contributed by atoms with E-state index in [1.54, 1.807) is 6.07 Å². The molecule has 2 aromatic rings. The first-order chi connectivity index (χ1) is 10.5. The first kappa shape index (κ1) is 16.1. The van der Waals surface area contributed by atoms with Gasteiger partial charge in [0.25, 0.3) is 5.91 Å². The van der Waals surface area contributed by atoms with Crippen molar-refractivity contribution in [3.8, 4) is 5.75 Å². The summed E-state index contributed by atoms with van der Waals surface area (Å²) in [5.74, 6) is 0.656. The van der Waals surface area contributed by atoms with Crippen molar-refractivity contribution in [2.75, 3.05) is 0 Å². The third-order valence-corrected chi connectivity index (χ3v) is 3.34. The Labute approximate surface area is 131 Å². The number of carbonyl (C=O) groups is 1. The van der Waals surface area contributed by atoms with Crippen LogP contribution in [0.15, 0.2) is 30.3 Å². The number of hydrogen-bond acceptors (Lipinski definition) is 3. The third kappa shape index (κ3) is 4.10. The fraction of sp³-hybridized carbons (Fsp3) is 0.412. The van der Waals surface area contributed by atoms with E-state index in [0.29, 0.717) is 5.69 Å². The largest absolute Gasteiger partial charge is 0.491 e. The monoisotopic (exact) mass is 301 g/mol.